The first kappa shape index (κ1) is 17.5. The number of benzene rings is 1. The summed E-state index contributed by atoms with van der Waals surface area (Å²) in [6.45, 7) is 1.35. The number of hydrogen-bond acceptors (Lipinski definition) is 6. The van der Waals surface area contributed by atoms with Gasteiger partial charge in [0, 0.05) is 24.6 Å². The number of nitro groups is 1. The first-order valence-electron chi connectivity index (χ1n) is 7.97. The van der Waals surface area contributed by atoms with E-state index in [0.29, 0.717) is 12.2 Å². The smallest absolute Gasteiger partial charge is 0.271 e. The Kier molecular flexibility index (Phi) is 4.87. The molecule has 1 aromatic heterocycles. The molecule has 1 unspecified atom stereocenters. The summed E-state index contributed by atoms with van der Waals surface area (Å²) < 4.78 is 10.5. The van der Waals surface area contributed by atoms with Gasteiger partial charge in [-0.2, -0.15) is 0 Å². The van der Waals surface area contributed by atoms with Crippen LogP contribution in [0.15, 0.2) is 41.0 Å². The van der Waals surface area contributed by atoms with E-state index in [1.807, 2.05) is 13.0 Å². The molecule has 9 nitrogen and oxygen atoms in total. The van der Waals surface area contributed by atoms with Crippen molar-refractivity contribution in [3.8, 4) is 5.75 Å². The van der Waals surface area contributed by atoms with Gasteiger partial charge in [-0.15, -0.1) is 0 Å². The molecule has 136 valence electrons. The number of non-ortho nitro benzene ring substituents is 1. The topological polar surface area (TPSA) is 115 Å². The minimum Gasteiger partial charge on any atom is -0.482 e. The maximum atomic E-state index is 12.3. The Balaban J connectivity index is 1.70. The Morgan fingerprint density at radius 2 is 2.23 bits per heavy atom. The van der Waals surface area contributed by atoms with Gasteiger partial charge in [-0.05, 0) is 25.1 Å². The molecule has 1 atom stereocenters. The zero-order chi connectivity index (χ0) is 18.7. The number of fused-ring (bicyclic) bond motifs is 1. The monoisotopic (exact) mass is 359 g/mol. The van der Waals surface area contributed by atoms with Crippen LogP contribution in [0.2, 0.25) is 0 Å². The van der Waals surface area contributed by atoms with E-state index in [9.17, 15) is 19.7 Å². The van der Waals surface area contributed by atoms with E-state index < -0.39 is 10.8 Å². The number of hydrogen-bond donors (Lipinski definition) is 1. The number of carbonyl (C=O) groups is 2. The summed E-state index contributed by atoms with van der Waals surface area (Å²) in [6, 6.07) is 7.31. The first-order chi connectivity index (χ1) is 12.4. The average Bonchev–Trinajstić information content (AvgIpc) is 3.09. The Labute approximate surface area is 148 Å². The van der Waals surface area contributed by atoms with Gasteiger partial charge in [-0.1, -0.05) is 0 Å². The van der Waals surface area contributed by atoms with Crippen LogP contribution in [0.5, 0.6) is 5.75 Å². The molecule has 2 heterocycles. The normalized spacial score (nSPS) is 14.3. The van der Waals surface area contributed by atoms with Crippen molar-refractivity contribution < 1.29 is 23.7 Å². The van der Waals surface area contributed by atoms with Gasteiger partial charge in [0.1, 0.15) is 18.1 Å². The molecule has 0 saturated heterocycles. The number of ether oxygens (including phenoxy) is 1. The lowest BCUT2D eigenvalue weighted by molar-refractivity contribution is -0.384. The number of nitrogens with one attached hydrogen (secondary N) is 1. The number of carbonyl (C=O) groups excluding carboxylic acids is 2. The highest BCUT2D eigenvalue weighted by atomic mass is 16.6. The maximum Gasteiger partial charge on any atom is 0.271 e. The van der Waals surface area contributed by atoms with Gasteiger partial charge >= 0.3 is 0 Å². The van der Waals surface area contributed by atoms with E-state index in [1.54, 1.807) is 12.3 Å². The van der Waals surface area contributed by atoms with Gasteiger partial charge in [0.15, 0.2) is 6.61 Å². The Morgan fingerprint density at radius 3 is 2.92 bits per heavy atom. The van der Waals surface area contributed by atoms with E-state index >= 15 is 0 Å². The zero-order valence-corrected chi connectivity index (χ0v) is 14.0. The minimum atomic E-state index is -0.566. The molecule has 0 bridgehead atoms. The second kappa shape index (κ2) is 7.26. The summed E-state index contributed by atoms with van der Waals surface area (Å²) in [5.41, 5.74) is 0.0305. The molecular weight excluding hydrogens is 342 g/mol. The van der Waals surface area contributed by atoms with E-state index in [-0.39, 0.29) is 36.5 Å². The highest BCUT2D eigenvalue weighted by Crippen LogP contribution is 2.35. The van der Waals surface area contributed by atoms with Crippen molar-refractivity contribution >= 4 is 23.2 Å². The van der Waals surface area contributed by atoms with Crippen LogP contribution in [0.25, 0.3) is 0 Å². The first-order valence-corrected chi connectivity index (χ1v) is 7.97. The van der Waals surface area contributed by atoms with Crippen LogP contribution in [-0.2, 0) is 16.0 Å². The molecule has 0 saturated carbocycles. The fourth-order valence-electron chi connectivity index (χ4n) is 2.72. The van der Waals surface area contributed by atoms with Crippen LogP contribution >= 0.6 is 0 Å². The van der Waals surface area contributed by atoms with Crippen LogP contribution in [-0.4, -0.2) is 35.9 Å². The third-order valence-electron chi connectivity index (χ3n) is 3.89. The highest BCUT2D eigenvalue weighted by molar-refractivity contribution is 6.02. The average molecular weight is 359 g/mol. The summed E-state index contributed by atoms with van der Waals surface area (Å²) in [4.78, 5) is 36.1. The quantitative estimate of drug-likeness (QED) is 0.619. The Bertz CT molecular complexity index is 833. The van der Waals surface area contributed by atoms with Crippen LogP contribution in [0.3, 0.4) is 0 Å². The van der Waals surface area contributed by atoms with Gasteiger partial charge < -0.3 is 14.5 Å². The van der Waals surface area contributed by atoms with E-state index in [1.165, 1.54) is 23.1 Å². The van der Waals surface area contributed by atoms with Crippen LogP contribution < -0.4 is 15.0 Å². The number of nitrogens with zero attached hydrogens (tertiary/aromatic N) is 2. The molecule has 3 rings (SSSR count). The van der Waals surface area contributed by atoms with E-state index in [0.717, 1.165) is 5.76 Å². The van der Waals surface area contributed by atoms with Crippen LogP contribution in [0.4, 0.5) is 11.4 Å². The second-order valence-electron chi connectivity index (χ2n) is 5.93. The highest BCUT2D eigenvalue weighted by Gasteiger charge is 2.29. The second-order valence-corrected chi connectivity index (χ2v) is 5.93. The molecule has 0 aliphatic carbocycles. The fraction of sp³-hybridized carbons (Fsp3) is 0.294. The number of anilines is 1. The molecule has 2 aromatic rings. The summed E-state index contributed by atoms with van der Waals surface area (Å²) in [5, 5.41) is 13.8. The van der Waals surface area contributed by atoms with Gasteiger partial charge in [0.05, 0.1) is 16.9 Å². The molecule has 1 N–H and O–H groups in total. The lowest BCUT2D eigenvalue weighted by Crippen LogP contribution is -2.47. The lowest BCUT2D eigenvalue weighted by atomic mass is 10.2. The fourth-order valence-corrected chi connectivity index (χ4v) is 2.72. The van der Waals surface area contributed by atoms with Crippen molar-refractivity contribution in [3.05, 3.63) is 52.5 Å². The van der Waals surface area contributed by atoms with Gasteiger partial charge in [-0.25, -0.2) is 0 Å². The number of furan rings is 1. The molecule has 1 aromatic carbocycles. The van der Waals surface area contributed by atoms with Crippen molar-refractivity contribution in [3.63, 3.8) is 0 Å². The minimum absolute atomic E-state index is 0.182. The summed E-state index contributed by atoms with van der Waals surface area (Å²) in [5.74, 6) is 0.247. The summed E-state index contributed by atoms with van der Waals surface area (Å²) in [7, 11) is 0. The predicted molar refractivity (Wildman–Crippen MR) is 91.0 cm³/mol. The lowest BCUT2D eigenvalue weighted by Gasteiger charge is -2.29. The molecule has 9 heteroatoms. The molecular formula is C17H17N3O6. The van der Waals surface area contributed by atoms with Crippen molar-refractivity contribution in [2.75, 3.05) is 18.1 Å². The molecule has 1 aliphatic rings. The number of amides is 2. The van der Waals surface area contributed by atoms with Crippen LogP contribution in [0, 0.1) is 10.1 Å². The molecule has 1 aliphatic heterocycles. The molecule has 0 spiro atoms. The van der Waals surface area contributed by atoms with Gasteiger partial charge in [0.25, 0.3) is 11.6 Å². The van der Waals surface area contributed by atoms with Crippen LogP contribution in [0.1, 0.15) is 12.7 Å². The van der Waals surface area contributed by atoms with Crippen molar-refractivity contribution in [2.45, 2.75) is 19.4 Å². The largest absolute Gasteiger partial charge is 0.482 e. The molecule has 2 amide bonds. The van der Waals surface area contributed by atoms with E-state index in [4.69, 9.17) is 9.15 Å². The molecule has 0 fully saturated rings. The van der Waals surface area contributed by atoms with Gasteiger partial charge in [-0.3, -0.25) is 24.6 Å². The van der Waals surface area contributed by atoms with Crippen molar-refractivity contribution in [2.24, 2.45) is 0 Å². The Hall–Kier alpha value is -3.36. The number of nitro benzene ring substituents is 1. The maximum absolute atomic E-state index is 12.3. The predicted octanol–water partition coefficient (Wildman–Crippen LogP) is 1.66. The molecule has 26 heavy (non-hydrogen) atoms. The van der Waals surface area contributed by atoms with Gasteiger partial charge in [0.2, 0.25) is 5.91 Å². The molecule has 0 radical (unpaired) electrons. The number of rotatable bonds is 6. The SMILES string of the molecule is CC(Cc1ccco1)NC(=O)CN1C(=O)COc2ccc([N+](=O)[O-])cc21. The summed E-state index contributed by atoms with van der Waals surface area (Å²) >= 11 is 0. The standard InChI is InChI=1S/C17H17N3O6/c1-11(7-13-3-2-6-25-13)18-16(21)9-19-14-8-12(20(23)24)4-5-15(14)26-10-17(19)22/h2-6,8,11H,7,9-10H2,1H3,(H,18,21). The Morgan fingerprint density at radius 1 is 1.42 bits per heavy atom. The van der Waals surface area contributed by atoms with Crippen molar-refractivity contribution in [1.82, 2.24) is 5.32 Å². The zero-order valence-electron chi connectivity index (χ0n) is 14.0. The third-order valence-corrected chi connectivity index (χ3v) is 3.89. The summed E-state index contributed by atoms with van der Waals surface area (Å²) in [6.07, 6.45) is 2.07. The third kappa shape index (κ3) is 3.82. The van der Waals surface area contributed by atoms with E-state index in [2.05, 4.69) is 5.32 Å². The van der Waals surface area contributed by atoms with Crippen molar-refractivity contribution in [1.29, 1.82) is 0 Å².